The number of carboxylic acid groups (broad SMARTS) is 1. The first kappa shape index (κ1) is 20.7. The number of carboxylic acids is 1. The van der Waals surface area contributed by atoms with Crippen LogP contribution in [0.15, 0.2) is 60.8 Å². The first-order valence-corrected chi connectivity index (χ1v) is 9.01. The van der Waals surface area contributed by atoms with Crippen LogP contribution in [0.3, 0.4) is 0 Å². The number of nitrogens with one attached hydrogen (secondary N) is 1. The molecule has 0 unspecified atom stereocenters. The number of ether oxygens (including phenoxy) is 2. The average molecular weight is 408 g/mol. The van der Waals surface area contributed by atoms with Crippen molar-refractivity contribution in [1.29, 1.82) is 0 Å². The lowest BCUT2D eigenvalue weighted by molar-refractivity contribution is -0.122. The molecule has 30 heavy (non-hydrogen) atoms. The van der Waals surface area contributed by atoms with E-state index in [9.17, 15) is 14.4 Å². The molecule has 0 saturated carbocycles. The lowest BCUT2D eigenvalue weighted by Crippen LogP contribution is -2.30. The topological polar surface area (TPSA) is 105 Å². The highest BCUT2D eigenvalue weighted by Crippen LogP contribution is 2.30. The van der Waals surface area contributed by atoms with E-state index >= 15 is 0 Å². The van der Waals surface area contributed by atoms with Crippen molar-refractivity contribution < 1.29 is 29.0 Å². The number of imide groups is 1. The highest BCUT2D eigenvalue weighted by molar-refractivity contribution is 6.14. The van der Waals surface area contributed by atoms with Crippen LogP contribution >= 0.6 is 0 Å². The molecule has 1 heterocycles. The van der Waals surface area contributed by atoms with Crippen LogP contribution in [0.5, 0.6) is 11.5 Å². The summed E-state index contributed by atoms with van der Waals surface area (Å²) in [5.74, 6) is -0.557. The van der Waals surface area contributed by atoms with Gasteiger partial charge in [-0.3, -0.25) is 9.69 Å². The van der Waals surface area contributed by atoms with Crippen LogP contribution in [-0.2, 0) is 11.4 Å². The number of carbonyl (C=O) groups is 3. The predicted octanol–water partition coefficient (Wildman–Crippen LogP) is 3.05. The van der Waals surface area contributed by atoms with Crippen molar-refractivity contribution in [2.75, 3.05) is 13.7 Å². The zero-order valence-electron chi connectivity index (χ0n) is 16.3. The first-order chi connectivity index (χ1) is 14.4. The molecule has 2 aromatic rings. The van der Waals surface area contributed by atoms with E-state index in [2.05, 4.69) is 11.9 Å². The van der Waals surface area contributed by atoms with Gasteiger partial charge < -0.3 is 19.9 Å². The van der Waals surface area contributed by atoms with Crippen molar-refractivity contribution in [3.8, 4) is 11.5 Å². The number of amides is 3. The molecule has 0 aromatic heterocycles. The molecule has 3 rings (SSSR count). The largest absolute Gasteiger partial charge is 0.493 e. The molecule has 2 N–H and O–H groups in total. The Morgan fingerprint density at radius 1 is 1.20 bits per heavy atom. The van der Waals surface area contributed by atoms with Crippen molar-refractivity contribution in [3.63, 3.8) is 0 Å². The number of aromatic carboxylic acids is 1. The van der Waals surface area contributed by atoms with Gasteiger partial charge in [-0.15, -0.1) is 6.58 Å². The molecular weight excluding hydrogens is 388 g/mol. The van der Waals surface area contributed by atoms with E-state index in [1.807, 2.05) is 0 Å². The Bertz CT molecular complexity index is 1040. The van der Waals surface area contributed by atoms with E-state index in [1.165, 1.54) is 25.3 Å². The third-order valence-electron chi connectivity index (χ3n) is 4.34. The maximum atomic E-state index is 12.3. The summed E-state index contributed by atoms with van der Waals surface area (Å²) in [6, 6.07) is 11.0. The first-order valence-electron chi connectivity index (χ1n) is 9.01. The number of carbonyl (C=O) groups excluding carboxylic acids is 2. The second-order valence-electron chi connectivity index (χ2n) is 6.40. The average Bonchev–Trinajstić information content (AvgIpc) is 3.00. The fourth-order valence-corrected chi connectivity index (χ4v) is 2.88. The number of nitrogens with zero attached hydrogens (tertiary/aromatic N) is 1. The lowest BCUT2D eigenvalue weighted by atomic mass is 10.1. The zero-order chi connectivity index (χ0) is 21.7. The second kappa shape index (κ2) is 8.95. The van der Waals surface area contributed by atoms with Crippen LogP contribution < -0.4 is 14.8 Å². The molecule has 0 radical (unpaired) electrons. The molecule has 154 valence electrons. The highest BCUT2D eigenvalue weighted by atomic mass is 16.5. The van der Waals surface area contributed by atoms with Gasteiger partial charge in [0.05, 0.1) is 12.7 Å². The maximum Gasteiger partial charge on any atom is 0.335 e. The summed E-state index contributed by atoms with van der Waals surface area (Å²) in [6.07, 6.45) is 3.02. The number of hydrogen-bond acceptors (Lipinski definition) is 5. The van der Waals surface area contributed by atoms with Crippen LogP contribution in [0.2, 0.25) is 0 Å². The molecule has 1 aliphatic rings. The Labute approximate surface area is 173 Å². The van der Waals surface area contributed by atoms with E-state index in [-0.39, 0.29) is 24.4 Å². The Hall–Kier alpha value is -4.07. The Morgan fingerprint density at radius 2 is 2.00 bits per heavy atom. The molecule has 0 atom stereocenters. The van der Waals surface area contributed by atoms with Gasteiger partial charge in [0.1, 0.15) is 12.3 Å². The van der Waals surface area contributed by atoms with Crippen molar-refractivity contribution >= 4 is 24.0 Å². The summed E-state index contributed by atoms with van der Waals surface area (Å²) in [5, 5.41) is 11.6. The Balaban J connectivity index is 1.76. The summed E-state index contributed by atoms with van der Waals surface area (Å²) in [4.78, 5) is 36.3. The summed E-state index contributed by atoms with van der Waals surface area (Å²) in [6.45, 7) is 3.82. The van der Waals surface area contributed by atoms with Gasteiger partial charge in [0.2, 0.25) is 0 Å². The molecule has 0 bridgehead atoms. The normalized spacial score (nSPS) is 14.6. The third kappa shape index (κ3) is 4.49. The van der Waals surface area contributed by atoms with Crippen molar-refractivity contribution in [2.45, 2.75) is 6.61 Å². The molecule has 1 saturated heterocycles. The van der Waals surface area contributed by atoms with E-state index in [0.29, 0.717) is 22.6 Å². The zero-order valence-corrected chi connectivity index (χ0v) is 16.3. The van der Waals surface area contributed by atoms with Gasteiger partial charge in [0.15, 0.2) is 11.5 Å². The molecule has 3 amide bonds. The van der Waals surface area contributed by atoms with Crippen LogP contribution in [0.25, 0.3) is 6.08 Å². The van der Waals surface area contributed by atoms with E-state index in [1.54, 1.807) is 36.4 Å². The molecule has 1 aliphatic heterocycles. The van der Waals surface area contributed by atoms with Crippen LogP contribution in [0, 0.1) is 0 Å². The molecule has 1 fully saturated rings. The number of rotatable bonds is 8. The van der Waals surface area contributed by atoms with Crippen LogP contribution in [-0.4, -0.2) is 41.6 Å². The van der Waals surface area contributed by atoms with Gasteiger partial charge in [-0.25, -0.2) is 9.59 Å². The summed E-state index contributed by atoms with van der Waals surface area (Å²) in [5.41, 5.74) is 1.67. The van der Waals surface area contributed by atoms with Crippen LogP contribution in [0.4, 0.5) is 4.79 Å². The van der Waals surface area contributed by atoms with Gasteiger partial charge in [-0.2, -0.15) is 0 Å². The summed E-state index contributed by atoms with van der Waals surface area (Å²) in [7, 11) is 1.48. The SMILES string of the molecule is C=CCN1C(=O)N/C(=C\c2ccc(OCc3cccc(C(=O)O)c3)c(OC)c2)C1=O. The van der Waals surface area contributed by atoms with Gasteiger partial charge in [-0.05, 0) is 41.5 Å². The molecule has 0 aliphatic carbocycles. The van der Waals surface area contributed by atoms with Crippen LogP contribution in [0.1, 0.15) is 21.5 Å². The predicted molar refractivity (Wildman–Crippen MR) is 109 cm³/mol. The summed E-state index contributed by atoms with van der Waals surface area (Å²) >= 11 is 0. The minimum atomic E-state index is -1.01. The lowest BCUT2D eigenvalue weighted by Gasteiger charge is -2.12. The number of urea groups is 1. The van der Waals surface area contributed by atoms with E-state index < -0.39 is 17.9 Å². The minimum absolute atomic E-state index is 0.126. The van der Waals surface area contributed by atoms with Crippen molar-refractivity contribution in [1.82, 2.24) is 10.2 Å². The Kier molecular flexibility index (Phi) is 6.17. The molecule has 0 spiro atoms. The minimum Gasteiger partial charge on any atom is -0.493 e. The highest BCUT2D eigenvalue weighted by Gasteiger charge is 2.32. The van der Waals surface area contributed by atoms with Crippen molar-refractivity contribution in [2.24, 2.45) is 0 Å². The summed E-state index contributed by atoms with van der Waals surface area (Å²) < 4.78 is 11.1. The molecule has 8 nitrogen and oxygen atoms in total. The number of hydrogen-bond donors (Lipinski definition) is 2. The fourth-order valence-electron chi connectivity index (χ4n) is 2.88. The molecule has 8 heteroatoms. The third-order valence-corrected chi connectivity index (χ3v) is 4.34. The molecular formula is C22H20N2O6. The van der Waals surface area contributed by atoms with E-state index in [0.717, 1.165) is 4.90 Å². The Morgan fingerprint density at radius 3 is 2.70 bits per heavy atom. The van der Waals surface area contributed by atoms with E-state index in [4.69, 9.17) is 14.6 Å². The van der Waals surface area contributed by atoms with Gasteiger partial charge in [0, 0.05) is 6.54 Å². The van der Waals surface area contributed by atoms with Gasteiger partial charge >= 0.3 is 12.0 Å². The fraction of sp³-hybridized carbons (Fsp3) is 0.136. The number of methoxy groups -OCH3 is 1. The molecule has 2 aromatic carbocycles. The standard InChI is InChI=1S/C22H20N2O6/c1-3-9-24-20(25)17(23-22(24)28)11-14-7-8-18(19(12-14)29-2)30-13-15-5-4-6-16(10-15)21(26)27/h3-8,10-12H,1,9,13H2,2H3,(H,23,28)(H,26,27)/b17-11-. The monoisotopic (exact) mass is 408 g/mol. The van der Waals surface area contributed by atoms with Gasteiger partial charge in [-0.1, -0.05) is 24.3 Å². The maximum absolute atomic E-state index is 12.3. The smallest absolute Gasteiger partial charge is 0.335 e. The van der Waals surface area contributed by atoms with Crippen molar-refractivity contribution in [3.05, 3.63) is 77.5 Å². The van der Waals surface area contributed by atoms with Gasteiger partial charge in [0.25, 0.3) is 5.91 Å². The second-order valence-corrected chi connectivity index (χ2v) is 6.40. The number of benzene rings is 2. The quantitative estimate of drug-likeness (QED) is 0.395.